The summed E-state index contributed by atoms with van der Waals surface area (Å²) in [6.45, 7) is 6.61. The summed E-state index contributed by atoms with van der Waals surface area (Å²) in [5.74, 6) is -0.154. The van der Waals surface area contributed by atoms with E-state index in [4.69, 9.17) is 11.5 Å². The van der Waals surface area contributed by atoms with Gasteiger partial charge in [0.15, 0.2) is 5.13 Å². The Morgan fingerprint density at radius 2 is 2.00 bits per heavy atom. The smallest absolute Gasteiger partial charge is 0.265 e. The average Bonchev–Trinajstić information content (AvgIpc) is 2.66. The van der Waals surface area contributed by atoms with E-state index < -0.39 is 5.91 Å². The van der Waals surface area contributed by atoms with Gasteiger partial charge in [-0.2, -0.15) is 0 Å². The van der Waals surface area contributed by atoms with Crippen molar-refractivity contribution < 1.29 is 9.59 Å². The number of hydrogen-bond acceptors (Lipinski definition) is 6. The number of nitrogen functional groups attached to an aromatic ring is 1. The summed E-state index contributed by atoms with van der Waals surface area (Å²) in [6.07, 6.45) is 0.0862. The predicted octanol–water partition coefficient (Wildman–Crippen LogP) is 0.787. The van der Waals surface area contributed by atoms with E-state index in [1.807, 2.05) is 0 Å². The van der Waals surface area contributed by atoms with Gasteiger partial charge in [-0.25, -0.2) is 4.98 Å². The van der Waals surface area contributed by atoms with Crippen LogP contribution in [0.15, 0.2) is 0 Å². The van der Waals surface area contributed by atoms with E-state index in [0.717, 1.165) is 6.54 Å². The summed E-state index contributed by atoms with van der Waals surface area (Å²) >= 11 is 1.20. The molecule has 0 aliphatic rings. The van der Waals surface area contributed by atoms with E-state index in [2.05, 4.69) is 29.5 Å². The molecule has 0 spiro atoms. The number of rotatable bonds is 7. The van der Waals surface area contributed by atoms with E-state index >= 15 is 0 Å². The Kier molecular flexibility index (Phi) is 5.75. The van der Waals surface area contributed by atoms with Crippen LogP contribution in [-0.2, 0) is 4.79 Å². The lowest BCUT2D eigenvalue weighted by Crippen LogP contribution is -2.35. The number of amides is 2. The fourth-order valence-electron chi connectivity index (χ4n) is 1.50. The second-order valence-electron chi connectivity index (χ2n) is 5.05. The van der Waals surface area contributed by atoms with Gasteiger partial charge in [-0.05, 0) is 12.8 Å². The highest BCUT2D eigenvalue weighted by Gasteiger charge is 2.18. The van der Waals surface area contributed by atoms with Crippen molar-refractivity contribution in [3.05, 3.63) is 4.88 Å². The van der Waals surface area contributed by atoms with Crippen LogP contribution in [0.25, 0.3) is 0 Å². The molecule has 0 saturated heterocycles. The summed E-state index contributed by atoms with van der Waals surface area (Å²) in [7, 11) is 0. The third-order valence-corrected chi connectivity index (χ3v) is 3.43. The molecule has 1 aromatic rings. The number of anilines is 2. The Morgan fingerprint density at radius 3 is 2.55 bits per heavy atom. The third kappa shape index (κ3) is 5.04. The molecule has 7 nitrogen and oxygen atoms in total. The lowest BCUT2D eigenvalue weighted by atomic mass is 10.2. The molecule has 0 radical (unpaired) electrons. The normalized spacial score (nSPS) is 12.2. The average molecular weight is 299 g/mol. The number of carbonyl (C=O) groups excluding carboxylic acids is 2. The van der Waals surface area contributed by atoms with Crippen molar-refractivity contribution in [2.24, 2.45) is 11.7 Å². The maximum atomic E-state index is 12.0. The van der Waals surface area contributed by atoms with Crippen LogP contribution in [-0.4, -0.2) is 29.4 Å². The highest BCUT2D eigenvalue weighted by molar-refractivity contribution is 7.18. The molecular weight excluding hydrogens is 278 g/mol. The monoisotopic (exact) mass is 299 g/mol. The Hall–Kier alpha value is -1.83. The molecule has 0 aliphatic carbocycles. The molecular formula is C12H21N5O2S. The Labute approximate surface area is 122 Å². The highest BCUT2D eigenvalue weighted by Crippen LogP contribution is 2.25. The maximum absolute atomic E-state index is 12.0. The summed E-state index contributed by atoms with van der Waals surface area (Å²) in [5.41, 5.74) is 10.8. The molecule has 2 amide bonds. The van der Waals surface area contributed by atoms with Gasteiger partial charge in [0.2, 0.25) is 5.91 Å². The fraction of sp³-hybridized carbons (Fsp3) is 0.583. The zero-order chi connectivity index (χ0) is 15.3. The molecule has 0 aromatic carbocycles. The highest BCUT2D eigenvalue weighted by atomic mass is 32.1. The van der Waals surface area contributed by atoms with Crippen LogP contribution in [0.1, 0.15) is 36.9 Å². The van der Waals surface area contributed by atoms with Crippen molar-refractivity contribution >= 4 is 34.1 Å². The number of hydrogen-bond donors (Lipinski definition) is 4. The van der Waals surface area contributed by atoms with Crippen LogP contribution in [0.5, 0.6) is 0 Å². The van der Waals surface area contributed by atoms with Crippen LogP contribution in [0.3, 0.4) is 0 Å². The lowest BCUT2D eigenvalue weighted by Gasteiger charge is -2.10. The molecule has 6 N–H and O–H groups in total. The van der Waals surface area contributed by atoms with Gasteiger partial charge in [0.25, 0.3) is 5.91 Å². The molecule has 0 bridgehead atoms. The second-order valence-corrected chi connectivity index (χ2v) is 6.05. The van der Waals surface area contributed by atoms with Crippen molar-refractivity contribution in [3.8, 4) is 0 Å². The zero-order valence-corrected chi connectivity index (χ0v) is 12.7. The first-order valence-electron chi connectivity index (χ1n) is 6.39. The molecule has 0 saturated carbocycles. The number of aromatic nitrogens is 1. The summed E-state index contributed by atoms with van der Waals surface area (Å²) in [5, 5.41) is 6.40. The van der Waals surface area contributed by atoms with Crippen molar-refractivity contribution in [1.82, 2.24) is 10.3 Å². The standard InChI is InChI=1S/C12H21N5O2S/c1-6(2)5-15-12-17-10(14)9(20-12)11(19)16-7(3)4-8(13)18/h6-7H,4-5,14H2,1-3H3,(H2,13,18)(H,15,17)(H,16,19). The van der Waals surface area contributed by atoms with Crippen molar-refractivity contribution in [2.45, 2.75) is 33.2 Å². The molecule has 1 aromatic heterocycles. The van der Waals surface area contributed by atoms with Crippen LogP contribution in [0, 0.1) is 5.92 Å². The van der Waals surface area contributed by atoms with Crippen LogP contribution in [0.2, 0.25) is 0 Å². The van der Waals surface area contributed by atoms with E-state index in [1.165, 1.54) is 11.3 Å². The first kappa shape index (κ1) is 16.2. The predicted molar refractivity (Wildman–Crippen MR) is 80.6 cm³/mol. The number of thiazole rings is 1. The quantitative estimate of drug-likeness (QED) is 0.592. The topological polar surface area (TPSA) is 123 Å². The molecule has 112 valence electrons. The van der Waals surface area contributed by atoms with Gasteiger partial charge in [0, 0.05) is 19.0 Å². The zero-order valence-electron chi connectivity index (χ0n) is 11.9. The molecule has 1 atom stereocenters. The summed E-state index contributed by atoms with van der Waals surface area (Å²) in [6, 6.07) is -0.339. The van der Waals surface area contributed by atoms with Crippen LogP contribution < -0.4 is 22.1 Å². The number of nitrogens with one attached hydrogen (secondary N) is 2. The lowest BCUT2D eigenvalue weighted by molar-refractivity contribution is -0.118. The molecule has 0 aliphatic heterocycles. The molecule has 1 heterocycles. The van der Waals surface area contributed by atoms with Gasteiger partial charge in [0.05, 0.1) is 0 Å². The molecule has 8 heteroatoms. The van der Waals surface area contributed by atoms with E-state index in [0.29, 0.717) is 15.9 Å². The van der Waals surface area contributed by atoms with Crippen molar-refractivity contribution in [1.29, 1.82) is 0 Å². The number of nitrogens with two attached hydrogens (primary N) is 2. The van der Waals surface area contributed by atoms with Crippen molar-refractivity contribution in [3.63, 3.8) is 0 Å². The first-order valence-corrected chi connectivity index (χ1v) is 7.20. The number of carbonyl (C=O) groups is 2. The Morgan fingerprint density at radius 1 is 1.35 bits per heavy atom. The minimum Gasteiger partial charge on any atom is -0.382 e. The van der Waals surface area contributed by atoms with Gasteiger partial charge < -0.3 is 22.1 Å². The van der Waals surface area contributed by atoms with E-state index in [-0.39, 0.29) is 24.2 Å². The van der Waals surface area contributed by atoms with Crippen LogP contribution in [0.4, 0.5) is 10.9 Å². The van der Waals surface area contributed by atoms with Crippen LogP contribution >= 0.6 is 11.3 Å². The van der Waals surface area contributed by atoms with Crippen molar-refractivity contribution in [2.75, 3.05) is 17.6 Å². The van der Waals surface area contributed by atoms with Gasteiger partial charge in [-0.1, -0.05) is 25.2 Å². The van der Waals surface area contributed by atoms with Gasteiger partial charge >= 0.3 is 0 Å². The third-order valence-electron chi connectivity index (χ3n) is 2.41. The Balaban J connectivity index is 2.66. The molecule has 0 fully saturated rings. The molecule has 1 unspecified atom stereocenters. The fourth-order valence-corrected chi connectivity index (χ4v) is 2.30. The summed E-state index contributed by atoms with van der Waals surface area (Å²) < 4.78 is 0. The SMILES string of the molecule is CC(C)CNc1nc(N)c(C(=O)NC(C)CC(N)=O)s1. The number of primary amides is 1. The van der Waals surface area contributed by atoms with E-state index in [9.17, 15) is 9.59 Å². The first-order chi connectivity index (χ1) is 9.29. The number of nitrogens with zero attached hydrogens (tertiary/aromatic N) is 1. The summed E-state index contributed by atoms with van der Waals surface area (Å²) in [4.78, 5) is 27.2. The maximum Gasteiger partial charge on any atom is 0.265 e. The second kappa shape index (κ2) is 7.09. The largest absolute Gasteiger partial charge is 0.382 e. The van der Waals surface area contributed by atoms with E-state index in [1.54, 1.807) is 6.92 Å². The molecule has 1 rings (SSSR count). The van der Waals surface area contributed by atoms with Gasteiger partial charge in [0.1, 0.15) is 10.7 Å². The minimum atomic E-state index is -0.464. The Bertz CT molecular complexity index is 486. The van der Waals surface area contributed by atoms with Gasteiger partial charge in [-0.15, -0.1) is 0 Å². The molecule has 20 heavy (non-hydrogen) atoms. The minimum absolute atomic E-state index is 0.0862. The van der Waals surface area contributed by atoms with Gasteiger partial charge in [-0.3, -0.25) is 9.59 Å².